The van der Waals surface area contributed by atoms with Crippen LogP contribution in [0.3, 0.4) is 0 Å². The van der Waals surface area contributed by atoms with Gasteiger partial charge in [-0.25, -0.2) is 8.42 Å². The van der Waals surface area contributed by atoms with Crippen molar-refractivity contribution in [1.29, 1.82) is 0 Å². The van der Waals surface area contributed by atoms with Crippen LogP contribution >= 0.6 is 12.2 Å². The lowest BCUT2D eigenvalue weighted by Crippen LogP contribution is -2.38. The molecule has 0 amide bonds. The molecule has 0 radical (unpaired) electrons. The van der Waals surface area contributed by atoms with Gasteiger partial charge in [-0.3, -0.25) is 0 Å². The average Bonchev–Trinajstić information content (AvgIpc) is 2.36. The molecular formula is C12H18N2O3S2. The van der Waals surface area contributed by atoms with Crippen LogP contribution < -0.4 is 5.73 Å². The van der Waals surface area contributed by atoms with Gasteiger partial charge in [0.1, 0.15) is 4.99 Å². The number of nitrogens with zero attached hydrogens (tertiary/aromatic N) is 1. The third kappa shape index (κ3) is 3.97. The van der Waals surface area contributed by atoms with Crippen LogP contribution in [0.2, 0.25) is 0 Å². The zero-order chi connectivity index (χ0) is 14.6. The summed E-state index contributed by atoms with van der Waals surface area (Å²) >= 11 is 4.91. The van der Waals surface area contributed by atoms with Gasteiger partial charge < -0.3 is 10.8 Å². The number of rotatable bonds is 6. The van der Waals surface area contributed by atoms with Gasteiger partial charge in [0.05, 0.1) is 12.4 Å². The molecule has 1 aromatic rings. The number of nitrogens with two attached hydrogens (primary N) is 1. The van der Waals surface area contributed by atoms with E-state index >= 15 is 0 Å². The van der Waals surface area contributed by atoms with Crippen molar-refractivity contribution in [3.8, 4) is 0 Å². The molecular weight excluding hydrogens is 284 g/mol. The molecule has 0 aliphatic rings. The molecule has 3 N–H and O–H groups in total. The van der Waals surface area contributed by atoms with Gasteiger partial charge in [-0.15, -0.1) is 0 Å². The van der Waals surface area contributed by atoms with E-state index in [0.717, 1.165) is 4.31 Å². The molecule has 19 heavy (non-hydrogen) atoms. The fraction of sp³-hybridized carbons (Fsp3) is 0.417. The van der Waals surface area contributed by atoms with Gasteiger partial charge in [0.15, 0.2) is 0 Å². The molecule has 0 spiro atoms. The molecule has 0 saturated heterocycles. The van der Waals surface area contributed by atoms with Crippen LogP contribution in [0.1, 0.15) is 18.1 Å². The molecule has 7 heteroatoms. The quantitative estimate of drug-likeness (QED) is 0.746. The largest absolute Gasteiger partial charge is 0.395 e. The van der Waals surface area contributed by atoms with E-state index in [1.165, 1.54) is 7.05 Å². The number of aliphatic hydroxyl groups excluding tert-OH is 1. The molecule has 0 aromatic heterocycles. The molecule has 0 aliphatic heterocycles. The summed E-state index contributed by atoms with van der Waals surface area (Å²) in [7, 11) is -2.08. The van der Waals surface area contributed by atoms with Crippen molar-refractivity contribution >= 4 is 27.2 Å². The smallest absolute Gasteiger partial charge is 0.218 e. The van der Waals surface area contributed by atoms with E-state index in [-0.39, 0.29) is 17.3 Å². The molecule has 0 bridgehead atoms. The summed E-state index contributed by atoms with van der Waals surface area (Å²) < 4.78 is 25.6. The third-order valence-electron chi connectivity index (χ3n) is 2.94. The molecule has 1 rings (SSSR count). The molecule has 5 nitrogen and oxygen atoms in total. The van der Waals surface area contributed by atoms with E-state index in [2.05, 4.69) is 0 Å². The van der Waals surface area contributed by atoms with Crippen molar-refractivity contribution < 1.29 is 13.5 Å². The van der Waals surface area contributed by atoms with Crippen molar-refractivity contribution in [1.82, 2.24) is 4.31 Å². The van der Waals surface area contributed by atoms with Crippen molar-refractivity contribution in [2.75, 3.05) is 13.7 Å². The second-order valence-electron chi connectivity index (χ2n) is 4.33. The number of hydrogen-bond donors (Lipinski definition) is 2. The van der Waals surface area contributed by atoms with Gasteiger partial charge in [-0.05, 0) is 12.5 Å². The van der Waals surface area contributed by atoms with Crippen molar-refractivity contribution in [2.24, 2.45) is 5.73 Å². The minimum atomic E-state index is -3.52. The number of benzene rings is 1. The second kappa shape index (κ2) is 6.42. The van der Waals surface area contributed by atoms with Crippen LogP contribution in [-0.4, -0.2) is 42.5 Å². The van der Waals surface area contributed by atoms with E-state index < -0.39 is 16.1 Å². The lowest BCUT2D eigenvalue weighted by molar-refractivity contribution is 0.213. The Balaban J connectivity index is 3.06. The van der Waals surface area contributed by atoms with Gasteiger partial charge in [0, 0.05) is 18.7 Å². The zero-order valence-corrected chi connectivity index (χ0v) is 12.5. The average molecular weight is 302 g/mol. The number of thiocarbonyl (C=S) groups is 1. The standard InChI is InChI=1S/C12H18N2O3S2/c1-9(7-15)14(2)19(16,17)8-10-5-3-4-6-11(10)12(13)18/h3-6,9,15H,7-8H2,1-2H3,(H2,13,18). The Morgan fingerprint density at radius 3 is 2.58 bits per heavy atom. The maximum Gasteiger partial charge on any atom is 0.218 e. The van der Waals surface area contributed by atoms with Crippen LogP contribution in [0, 0.1) is 0 Å². The Hall–Kier alpha value is -1.02. The second-order valence-corrected chi connectivity index (χ2v) is 6.79. The first-order valence-electron chi connectivity index (χ1n) is 5.74. The Bertz CT molecular complexity index is 558. The first-order chi connectivity index (χ1) is 8.79. The number of hydrogen-bond acceptors (Lipinski definition) is 4. The van der Waals surface area contributed by atoms with Crippen molar-refractivity contribution in [3.63, 3.8) is 0 Å². The molecule has 106 valence electrons. The number of likely N-dealkylation sites (N-methyl/N-ethyl adjacent to an activating group) is 1. The van der Waals surface area contributed by atoms with Gasteiger partial charge in [-0.1, -0.05) is 36.5 Å². The maximum absolute atomic E-state index is 12.2. The van der Waals surface area contributed by atoms with Crippen molar-refractivity contribution in [2.45, 2.75) is 18.7 Å². The first kappa shape index (κ1) is 16.0. The fourth-order valence-electron chi connectivity index (χ4n) is 1.57. The molecule has 1 unspecified atom stereocenters. The van der Waals surface area contributed by atoms with Crippen LogP contribution in [0.25, 0.3) is 0 Å². The monoisotopic (exact) mass is 302 g/mol. The number of sulfonamides is 1. The highest BCUT2D eigenvalue weighted by Crippen LogP contribution is 2.16. The van der Waals surface area contributed by atoms with E-state index in [4.69, 9.17) is 23.1 Å². The predicted molar refractivity (Wildman–Crippen MR) is 79.3 cm³/mol. The molecule has 1 aromatic carbocycles. The molecule has 0 heterocycles. The predicted octanol–water partition coefficient (Wildman–Crippen LogP) is 0.463. The highest BCUT2D eigenvalue weighted by atomic mass is 32.2. The van der Waals surface area contributed by atoms with E-state index in [1.807, 2.05) is 0 Å². The van der Waals surface area contributed by atoms with E-state index in [0.29, 0.717) is 11.1 Å². The molecule has 0 aliphatic carbocycles. The van der Waals surface area contributed by atoms with Crippen LogP contribution in [0.4, 0.5) is 0 Å². The Morgan fingerprint density at radius 2 is 2.05 bits per heavy atom. The lowest BCUT2D eigenvalue weighted by atomic mass is 10.1. The van der Waals surface area contributed by atoms with Gasteiger partial charge >= 0.3 is 0 Å². The Kier molecular flexibility index (Phi) is 5.42. The minimum absolute atomic E-state index is 0.170. The Morgan fingerprint density at radius 1 is 1.47 bits per heavy atom. The summed E-state index contributed by atoms with van der Waals surface area (Å²) in [6.07, 6.45) is 0. The van der Waals surface area contributed by atoms with Gasteiger partial charge in [0.25, 0.3) is 0 Å². The van der Waals surface area contributed by atoms with Gasteiger partial charge in [0.2, 0.25) is 10.0 Å². The van der Waals surface area contributed by atoms with Crippen molar-refractivity contribution in [3.05, 3.63) is 35.4 Å². The third-order valence-corrected chi connectivity index (χ3v) is 5.08. The highest BCUT2D eigenvalue weighted by Gasteiger charge is 2.24. The fourth-order valence-corrected chi connectivity index (χ4v) is 3.24. The van der Waals surface area contributed by atoms with Crippen LogP contribution in [-0.2, 0) is 15.8 Å². The lowest BCUT2D eigenvalue weighted by Gasteiger charge is -2.23. The minimum Gasteiger partial charge on any atom is -0.395 e. The maximum atomic E-state index is 12.2. The molecule has 1 atom stereocenters. The van der Waals surface area contributed by atoms with E-state index in [1.54, 1.807) is 31.2 Å². The summed E-state index contributed by atoms with van der Waals surface area (Å²) in [6, 6.07) is 6.40. The first-order valence-corrected chi connectivity index (χ1v) is 7.75. The summed E-state index contributed by atoms with van der Waals surface area (Å²) in [5, 5.41) is 9.03. The highest BCUT2D eigenvalue weighted by molar-refractivity contribution is 7.88. The number of aliphatic hydroxyl groups is 1. The molecule has 0 saturated carbocycles. The Labute approximate surface area is 119 Å². The topological polar surface area (TPSA) is 83.6 Å². The summed E-state index contributed by atoms with van der Waals surface area (Å²) in [4.78, 5) is 0.170. The summed E-state index contributed by atoms with van der Waals surface area (Å²) in [5.74, 6) is -0.193. The van der Waals surface area contributed by atoms with Crippen LogP contribution in [0.15, 0.2) is 24.3 Å². The zero-order valence-electron chi connectivity index (χ0n) is 10.9. The summed E-state index contributed by atoms with van der Waals surface area (Å²) in [6.45, 7) is 1.41. The molecule has 0 fully saturated rings. The van der Waals surface area contributed by atoms with E-state index in [9.17, 15) is 8.42 Å². The SMILES string of the molecule is CC(CO)N(C)S(=O)(=O)Cc1ccccc1C(N)=S. The normalized spacial score (nSPS) is 13.5. The van der Waals surface area contributed by atoms with Crippen LogP contribution in [0.5, 0.6) is 0 Å². The van der Waals surface area contributed by atoms with Gasteiger partial charge in [-0.2, -0.15) is 4.31 Å². The summed E-state index contributed by atoms with van der Waals surface area (Å²) in [5.41, 5.74) is 6.70.